The zero-order valence-corrected chi connectivity index (χ0v) is 10.2. The Hall–Kier alpha value is -1.79. The van der Waals surface area contributed by atoms with Gasteiger partial charge in [0.2, 0.25) is 0 Å². The summed E-state index contributed by atoms with van der Waals surface area (Å²) in [5.74, 6) is 0.578. The number of carbonyl (C=O) groups excluding carboxylic acids is 1. The molecule has 0 bridgehead atoms. The number of nitrogens with one attached hydrogen (secondary N) is 1. The highest BCUT2D eigenvalue weighted by Crippen LogP contribution is 2.23. The Morgan fingerprint density at radius 3 is 2.78 bits per heavy atom. The SMILES string of the molecule is CCOc1ccc(NC(=O)OCCO)cc1CO. The van der Waals surface area contributed by atoms with Gasteiger partial charge in [-0.3, -0.25) is 5.32 Å². The van der Waals surface area contributed by atoms with Crippen LogP contribution in [0, 0.1) is 0 Å². The van der Waals surface area contributed by atoms with E-state index in [9.17, 15) is 9.90 Å². The van der Waals surface area contributed by atoms with Gasteiger partial charge in [-0.2, -0.15) is 0 Å². The fraction of sp³-hybridized carbons (Fsp3) is 0.417. The van der Waals surface area contributed by atoms with Gasteiger partial charge in [-0.25, -0.2) is 4.79 Å². The maximum absolute atomic E-state index is 11.2. The fourth-order valence-corrected chi connectivity index (χ4v) is 1.37. The van der Waals surface area contributed by atoms with Crippen molar-refractivity contribution in [3.05, 3.63) is 23.8 Å². The molecule has 0 aliphatic rings. The zero-order chi connectivity index (χ0) is 13.4. The molecule has 0 atom stereocenters. The number of aliphatic hydroxyl groups excluding tert-OH is 2. The van der Waals surface area contributed by atoms with Crippen LogP contribution in [0.5, 0.6) is 5.75 Å². The lowest BCUT2D eigenvalue weighted by molar-refractivity contribution is 0.131. The third kappa shape index (κ3) is 4.23. The first kappa shape index (κ1) is 14.3. The van der Waals surface area contributed by atoms with E-state index in [4.69, 9.17) is 9.84 Å². The Morgan fingerprint density at radius 2 is 2.17 bits per heavy atom. The number of carbonyl (C=O) groups is 1. The predicted octanol–water partition coefficient (Wildman–Crippen LogP) is 1.12. The standard InChI is InChI=1S/C12H17NO5/c1-2-17-11-4-3-10(7-9(11)8-15)13-12(16)18-6-5-14/h3-4,7,14-15H,2,5-6,8H2,1H3,(H,13,16). The third-order valence-corrected chi connectivity index (χ3v) is 2.10. The molecule has 0 heterocycles. The number of aliphatic hydroxyl groups is 2. The third-order valence-electron chi connectivity index (χ3n) is 2.10. The average Bonchev–Trinajstić information content (AvgIpc) is 2.38. The normalized spacial score (nSPS) is 9.94. The van der Waals surface area contributed by atoms with Crippen LogP contribution in [0.3, 0.4) is 0 Å². The predicted molar refractivity (Wildman–Crippen MR) is 65.6 cm³/mol. The molecule has 3 N–H and O–H groups in total. The van der Waals surface area contributed by atoms with Gasteiger partial charge >= 0.3 is 6.09 Å². The van der Waals surface area contributed by atoms with Crippen molar-refractivity contribution >= 4 is 11.8 Å². The minimum Gasteiger partial charge on any atom is -0.494 e. The second kappa shape index (κ2) is 7.52. The summed E-state index contributed by atoms with van der Waals surface area (Å²) in [6, 6.07) is 4.91. The van der Waals surface area contributed by atoms with Crippen LogP contribution in [0.4, 0.5) is 10.5 Å². The molecule has 0 saturated carbocycles. The Labute approximate surface area is 105 Å². The maximum atomic E-state index is 11.2. The molecule has 0 aliphatic heterocycles. The summed E-state index contributed by atoms with van der Waals surface area (Å²) in [6.07, 6.45) is -0.655. The van der Waals surface area contributed by atoms with Gasteiger partial charge in [-0.05, 0) is 25.1 Å². The first-order valence-electron chi connectivity index (χ1n) is 5.62. The second-order valence-electron chi connectivity index (χ2n) is 3.40. The van der Waals surface area contributed by atoms with Crippen LogP contribution >= 0.6 is 0 Å². The molecule has 1 amide bonds. The van der Waals surface area contributed by atoms with E-state index < -0.39 is 6.09 Å². The molecule has 0 aromatic heterocycles. The molecule has 6 nitrogen and oxygen atoms in total. The number of anilines is 1. The molecule has 0 saturated heterocycles. The maximum Gasteiger partial charge on any atom is 0.411 e. The summed E-state index contributed by atoms with van der Waals surface area (Å²) >= 11 is 0. The Bertz CT molecular complexity index is 394. The molecule has 0 unspecified atom stereocenters. The lowest BCUT2D eigenvalue weighted by atomic mass is 10.2. The van der Waals surface area contributed by atoms with Crippen molar-refractivity contribution in [1.82, 2.24) is 0 Å². The largest absolute Gasteiger partial charge is 0.494 e. The molecule has 0 spiro atoms. The van der Waals surface area contributed by atoms with Gasteiger partial charge in [0.05, 0.1) is 19.8 Å². The summed E-state index contributed by atoms with van der Waals surface area (Å²) in [7, 11) is 0. The number of hydrogen-bond acceptors (Lipinski definition) is 5. The van der Waals surface area contributed by atoms with E-state index in [-0.39, 0.29) is 19.8 Å². The number of ether oxygens (including phenoxy) is 2. The van der Waals surface area contributed by atoms with E-state index in [0.29, 0.717) is 23.6 Å². The Balaban J connectivity index is 2.69. The zero-order valence-electron chi connectivity index (χ0n) is 10.2. The van der Waals surface area contributed by atoms with Crippen molar-refractivity contribution < 1.29 is 24.5 Å². The summed E-state index contributed by atoms with van der Waals surface area (Å²) in [4.78, 5) is 11.2. The van der Waals surface area contributed by atoms with Crippen molar-refractivity contribution in [2.45, 2.75) is 13.5 Å². The van der Waals surface area contributed by atoms with Gasteiger partial charge in [0.1, 0.15) is 12.4 Å². The molecule has 6 heteroatoms. The number of benzene rings is 1. The van der Waals surface area contributed by atoms with Crippen LogP contribution in [0.15, 0.2) is 18.2 Å². The van der Waals surface area contributed by atoms with Gasteiger partial charge in [0, 0.05) is 11.3 Å². The van der Waals surface area contributed by atoms with Gasteiger partial charge in [-0.15, -0.1) is 0 Å². The minimum atomic E-state index is -0.655. The number of amides is 1. The number of rotatable bonds is 6. The van der Waals surface area contributed by atoms with Crippen molar-refractivity contribution in [3.63, 3.8) is 0 Å². The van der Waals surface area contributed by atoms with E-state index >= 15 is 0 Å². The van der Waals surface area contributed by atoms with E-state index in [1.54, 1.807) is 18.2 Å². The van der Waals surface area contributed by atoms with Gasteiger partial charge in [-0.1, -0.05) is 0 Å². The number of hydrogen-bond donors (Lipinski definition) is 3. The van der Waals surface area contributed by atoms with Gasteiger partial charge < -0.3 is 19.7 Å². The molecule has 0 fully saturated rings. The summed E-state index contributed by atoms with van der Waals surface area (Å²) in [5, 5.41) is 20.2. The average molecular weight is 255 g/mol. The van der Waals surface area contributed by atoms with Crippen LogP contribution in [0.1, 0.15) is 12.5 Å². The quantitative estimate of drug-likeness (QED) is 0.709. The molecule has 1 aromatic rings. The molecule has 18 heavy (non-hydrogen) atoms. The van der Waals surface area contributed by atoms with Gasteiger partial charge in [0.25, 0.3) is 0 Å². The molecule has 1 aromatic carbocycles. The van der Waals surface area contributed by atoms with E-state index in [1.807, 2.05) is 6.92 Å². The van der Waals surface area contributed by atoms with Gasteiger partial charge in [0.15, 0.2) is 0 Å². The summed E-state index contributed by atoms with van der Waals surface area (Å²) in [5.41, 5.74) is 1.07. The molecule has 0 radical (unpaired) electrons. The monoisotopic (exact) mass is 255 g/mol. The highest BCUT2D eigenvalue weighted by Gasteiger charge is 2.07. The minimum absolute atomic E-state index is 0.0598. The summed E-state index contributed by atoms with van der Waals surface area (Å²) in [6.45, 7) is 1.88. The van der Waals surface area contributed by atoms with Crippen LogP contribution in [-0.2, 0) is 11.3 Å². The van der Waals surface area contributed by atoms with Crippen LogP contribution in [0.2, 0.25) is 0 Å². The fourth-order valence-electron chi connectivity index (χ4n) is 1.37. The van der Waals surface area contributed by atoms with Crippen molar-refractivity contribution in [2.24, 2.45) is 0 Å². The van der Waals surface area contributed by atoms with Crippen molar-refractivity contribution in [1.29, 1.82) is 0 Å². The topological polar surface area (TPSA) is 88.0 Å². The molecule has 1 rings (SSSR count). The highest BCUT2D eigenvalue weighted by molar-refractivity contribution is 5.84. The van der Waals surface area contributed by atoms with E-state index in [0.717, 1.165) is 0 Å². The molecular formula is C12H17NO5. The van der Waals surface area contributed by atoms with Crippen LogP contribution < -0.4 is 10.1 Å². The first-order chi connectivity index (χ1) is 8.71. The smallest absolute Gasteiger partial charge is 0.411 e. The Kier molecular flexibility index (Phi) is 5.96. The lowest BCUT2D eigenvalue weighted by Crippen LogP contribution is -2.16. The Morgan fingerprint density at radius 1 is 1.39 bits per heavy atom. The summed E-state index contributed by atoms with van der Waals surface area (Å²) < 4.78 is 9.97. The van der Waals surface area contributed by atoms with E-state index in [2.05, 4.69) is 10.1 Å². The van der Waals surface area contributed by atoms with E-state index in [1.165, 1.54) is 0 Å². The van der Waals surface area contributed by atoms with Crippen molar-refractivity contribution in [3.8, 4) is 5.75 Å². The van der Waals surface area contributed by atoms with Crippen LogP contribution in [0.25, 0.3) is 0 Å². The first-order valence-corrected chi connectivity index (χ1v) is 5.62. The molecular weight excluding hydrogens is 238 g/mol. The second-order valence-corrected chi connectivity index (χ2v) is 3.40. The van der Waals surface area contributed by atoms with Crippen LogP contribution in [-0.4, -0.2) is 36.1 Å². The highest BCUT2D eigenvalue weighted by atomic mass is 16.6. The molecule has 0 aliphatic carbocycles. The van der Waals surface area contributed by atoms with Crippen molar-refractivity contribution in [2.75, 3.05) is 25.1 Å². The lowest BCUT2D eigenvalue weighted by Gasteiger charge is -2.11. The molecule has 100 valence electrons.